The number of rotatable bonds is 12. The number of nitrogens with one attached hydrogen (secondary N) is 1. The first-order valence-electron chi connectivity index (χ1n) is 14.3. The Balaban J connectivity index is 2.32. The van der Waals surface area contributed by atoms with Gasteiger partial charge >= 0.3 is 12.2 Å². The van der Waals surface area contributed by atoms with Crippen LogP contribution >= 0.6 is 0 Å². The van der Waals surface area contributed by atoms with Crippen LogP contribution in [0.25, 0.3) is 0 Å². The van der Waals surface area contributed by atoms with E-state index in [1.807, 2.05) is 48.5 Å². The van der Waals surface area contributed by atoms with E-state index in [1.165, 1.54) is 0 Å². The topological polar surface area (TPSA) is 116 Å². The Morgan fingerprint density at radius 1 is 1.05 bits per heavy atom. The number of nitrogens with zero attached hydrogens (tertiary/aromatic N) is 2. The van der Waals surface area contributed by atoms with Gasteiger partial charge in [-0.25, -0.2) is 9.59 Å². The summed E-state index contributed by atoms with van der Waals surface area (Å²) in [6, 6.07) is 4.55. The van der Waals surface area contributed by atoms with Crippen LogP contribution in [0.4, 0.5) is 9.59 Å². The number of amides is 3. The number of hydrogen-bond donors (Lipinski definition) is 1. The van der Waals surface area contributed by atoms with Gasteiger partial charge in [0.1, 0.15) is 5.60 Å². The van der Waals surface area contributed by atoms with Crippen LogP contribution in [-0.2, 0) is 14.2 Å². The van der Waals surface area contributed by atoms with Gasteiger partial charge in [-0.15, -0.1) is 0 Å². The molecule has 0 aliphatic carbocycles. The lowest BCUT2D eigenvalue weighted by Gasteiger charge is -2.44. The monoisotopic (exact) mass is 579 g/mol. The van der Waals surface area contributed by atoms with Crippen LogP contribution in [0.15, 0.2) is 18.2 Å². The second-order valence-corrected chi connectivity index (χ2v) is 11.9. The minimum Gasteiger partial charge on any atom is -0.493 e. The van der Waals surface area contributed by atoms with Gasteiger partial charge < -0.3 is 38.8 Å². The fourth-order valence-corrected chi connectivity index (χ4v) is 4.72. The number of hydrogen-bond acceptors (Lipinski definition) is 8. The molecule has 41 heavy (non-hydrogen) atoms. The van der Waals surface area contributed by atoms with Gasteiger partial charge in [0.2, 0.25) is 0 Å². The summed E-state index contributed by atoms with van der Waals surface area (Å²) in [5.41, 5.74) is -0.233. The fourth-order valence-electron chi connectivity index (χ4n) is 4.72. The zero-order valence-electron chi connectivity index (χ0n) is 26.2. The molecule has 0 saturated carbocycles. The molecule has 0 unspecified atom stereocenters. The van der Waals surface area contributed by atoms with E-state index in [9.17, 15) is 14.4 Å². The zero-order chi connectivity index (χ0) is 30.7. The van der Waals surface area contributed by atoms with Crippen LogP contribution in [0.5, 0.6) is 11.5 Å². The van der Waals surface area contributed by atoms with E-state index in [-0.39, 0.29) is 36.6 Å². The summed E-state index contributed by atoms with van der Waals surface area (Å²) >= 11 is 0. The molecular formula is C30H49N3O8. The summed E-state index contributed by atoms with van der Waals surface area (Å²) in [6.07, 6.45) is 0.261. The largest absolute Gasteiger partial charge is 0.493 e. The average Bonchev–Trinajstić information content (AvgIpc) is 2.88. The lowest BCUT2D eigenvalue weighted by molar-refractivity contribution is -0.00802. The minimum atomic E-state index is -0.677. The number of carbonyl (C=O) groups excluding carboxylic acids is 3. The molecule has 1 heterocycles. The van der Waals surface area contributed by atoms with Crippen molar-refractivity contribution < 1.29 is 38.1 Å². The summed E-state index contributed by atoms with van der Waals surface area (Å²) in [5.74, 6) is 0.613. The number of carbonyl (C=O) groups is 3. The summed E-state index contributed by atoms with van der Waals surface area (Å²) < 4.78 is 27.6. The lowest BCUT2D eigenvalue weighted by Crippen LogP contribution is -2.57. The van der Waals surface area contributed by atoms with Gasteiger partial charge in [-0.2, -0.15) is 0 Å². The molecule has 2 atom stereocenters. The minimum absolute atomic E-state index is 0.0627. The highest BCUT2D eigenvalue weighted by Crippen LogP contribution is 2.31. The van der Waals surface area contributed by atoms with Crippen LogP contribution in [-0.4, -0.2) is 98.7 Å². The first-order chi connectivity index (χ1) is 19.2. The van der Waals surface area contributed by atoms with E-state index in [0.717, 1.165) is 0 Å². The highest BCUT2D eigenvalue weighted by molar-refractivity contribution is 5.95. The molecule has 1 saturated heterocycles. The molecule has 1 aromatic rings. The maximum absolute atomic E-state index is 14.0. The van der Waals surface area contributed by atoms with E-state index >= 15 is 0 Å². The third-order valence-corrected chi connectivity index (χ3v) is 6.37. The highest BCUT2D eigenvalue weighted by atomic mass is 16.6. The quantitative estimate of drug-likeness (QED) is 0.354. The normalized spacial score (nSPS) is 17.3. The van der Waals surface area contributed by atoms with Crippen LogP contribution < -0.4 is 14.8 Å². The van der Waals surface area contributed by atoms with E-state index in [4.69, 9.17) is 23.7 Å². The third-order valence-electron chi connectivity index (χ3n) is 6.37. The zero-order valence-corrected chi connectivity index (χ0v) is 26.2. The van der Waals surface area contributed by atoms with Crippen molar-refractivity contribution >= 4 is 18.1 Å². The van der Waals surface area contributed by atoms with E-state index < -0.39 is 17.8 Å². The standard InChI is InChI=1S/C30H49N3O8/c1-20(2)31-28(35)40-19-22-15-24(18-32(17-22)29(36)41-30(5,6)7)33(21(3)4)27(34)23-11-12-25(38-9)26(16-23)39-14-10-13-37-8/h11-12,16,20-22,24H,10,13-15,17-19H2,1-9H3,(H,31,35)/t22-,24+/m0/s1. The molecule has 0 radical (unpaired) electrons. The SMILES string of the molecule is COCCCOc1cc(C(=O)N(C(C)C)[C@@H]2C[C@H](COC(=O)NC(C)C)CN(C(=O)OC(C)(C)C)C2)ccc1OC. The molecule has 1 aromatic carbocycles. The number of methoxy groups -OCH3 is 2. The first kappa shape index (κ1) is 34.0. The predicted octanol–water partition coefficient (Wildman–Crippen LogP) is 4.72. The molecule has 0 aromatic heterocycles. The Hall–Kier alpha value is -3.21. The summed E-state index contributed by atoms with van der Waals surface area (Å²) in [5, 5.41) is 2.72. The Morgan fingerprint density at radius 2 is 1.76 bits per heavy atom. The van der Waals surface area contributed by atoms with Crippen molar-refractivity contribution in [3.8, 4) is 11.5 Å². The highest BCUT2D eigenvalue weighted by Gasteiger charge is 2.38. The number of likely N-dealkylation sites (tertiary alicyclic amines) is 1. The van der Waals surface area contributed by atoms with Gasteiger partial charge in [0.05, 0.1) is 26.4 Å². The maximum Gasteiger partial charge on any atom is 0.410 e. The molecule has 1 aliphatic rings. The second-order valence-electron chi connectivity index (χ2n) is 11.9. The van der Waals surface area contributed by atoms with E-state index in [1.54, 1.807) is 42.2 Å². The number of benzene rings is 1. The van der Waals surface area contributed by atoms with Crippen molar-refractivity contribution in [1.29, 1.82) is 0 Å². The van der Waals surface area contributed by atoms with Crippen LogP contribution in [0.3, 0.4) is 0 Å². The Kier molecular flexibility index (Phi) is 13.0. The molecule has 3 amide bonds. The summed E-state index contributed by atoms with van der Waals surface area (Å²) in [6.45, 7) is 14.7. The average molecular weight is 580 g/mol. The van der Waals surface area contributed by atoms with Crippen molar-refractivity contribution in [3.63, 3.8) is 0 Å². The van der Waals surface area contributed by atoms with Crippen molar-refractivity contribution in [1.82, 2.24) is 15.1 Å². The van der Waals surface area contributed by atoms with Crippen LogP contribution in [0.1, 0.15) is 71.7 Å². The van der Waals surface area contributed by atoms with Crippen molar-refractivity contribution in [2.45, 2.75) is 85.0 Å². The summed E-state index contributed by atoms with van der Waals surface area (Å²) in [4.78, 5) is 42.7. The van der Waals surface area contributed by atoms with Gasteiger partial charge in [0.15, 0.2) is 11.5 Å². The van der Waals surface area contributed by atoms with Gasteiger partial charge in [-0.05, 0) is 73.1 Å². The van der Waals surface area contributed by atoms with Crippen molar-refractivity contribution in [2.75, 3.05) is 47.1 Å². The predicted molar refractivity (Wildman–Crippen MR) is 156 cm³/mol. The van der Waals surface area contributed by atoms with Gasteiger partial charge in [-0.1, -0.05) is 0 Å². The molecule has 1 aliphatic heterocycles. The fraction of sp³-hybridized carbons (Fsp3) is 0.700. The van der Waals surface area contributed by atoms with Gasteiger partial charge in [0, 0.05) is 56.8 Å². The molecule has 0 spiro atoms. The number of piperidine rings is 1. The van der Waals surface area contributed by atoms with Crippen molar-refractivity contribution in [3.05, 3.63) is 23.8 Å². The molecular weight excluding hydrogens is 530 g/mol. The molecule has 2 rings (SSSR count). The van der Waals surface area contributed by atoms with Crippen LogP contribution in [0, 0.1) is 5.92 Å². The lowest BCUT2D eigenvalue weighted by atomic mass is 9.92. The Bertz CT molecular complexity index is 1010. The molecule has 11 heteroatoms. The van der Waals surface area contributed by atoms with E-state index in [2.05, 4.69) is 5.32 Å². The Labute approximate surface area is 244 Å². The van der Waals surface area contributed by atoms with Crippen LogP contribution in [0.2, 0.25) is 0 Å². The molecule has 1 N–H and O–H groups in total. The second kappa shape index (κ2) is 15.7. The number of ether oxygens (including phenoxy) is 5. The third kappa shape index (κ3) is 10.9. The maximum atomic E-state index is 14.0. The molecule has 0 bridgehead atoms. The van der Waals surface area contributed by atoms with Crippen molar-refractivity contribution in [2.24, 2.45) is 5.92 Å². The molecule has 11 nitrogen and oxygen atoms in total. The summed E-state index contributed by atoms with van der Waals surface area (Å²) in [7, 11) is 3.18. The van der Waals surface area contributed by atoms with Gasteiger partial charge in [0.25, 0.3) is 5.91 Å². The number of alkyl carbamates (subject to hydrolysis) is 1. The molecule has 232 valence electrons. The van der Waals surface area contributed by atoms with Gasteiger partial charge in [-0.3, -0.25) is 4.79 Å². The molecule has 1 fully saturated rings. The van der Waals surface area contributed by atoms with E-state index in [0.29, 0.717) is 56.2 Å². The smallest absolute Gasteiger partial charge is 0.410 e. The first-order valence-corrected chi connectivity index (χ1v) is 14.3. The Morgan fingerprint density at radius 3 is 2.34 bits per heavy atom.